The Morgan fingerprint density at radius 1 is 0.957 bits per heavy atom. The summed E-state index contributed by atoms with van der Waals surface area (Å²) in [6.07, 6.45) is 4.53. The van der Waals surface area contributed by atoms with Gasteiger partial charge >= 0.3 is 5.97 Å². The van der Waals surface area contributed by atoms with Crippen molar-refractivity contribution in [1.29, 1.82) is 0 Å². The highest BCUT2D eigenvalue weighted by atomic mass is 32.2. The highest BCUT2D eigenvalue weighted by Crippen LogP contribution is 2.30. The van der Waals surface area contributed by atoms with E-state index in [1.807, 2.05) is 61.1 Å². The Hall–Kier alpha value is -5.23. The molecule has 2 aromatic heterocycles. The van der Waals surface area contributed by atoms with E-state index >= 15 is 0 Å². The zero-order valence-corrected chi connectivity index (χ0v) is 27.5. The Morgan fingerprint density at radius 3 is 2.38 bits per heavy atom. The summed E-state index contributed by atoms with van der Waals surface area (Å²) < 4.78 is 37.2. The van der Waals surface area contributed by atoms with Crippen molar-refractivity contribution < 1.29 is 23.1 Å². The largest absolute Gasteiger partial charge is 0.478 e. The van der Waals surface area contributed by atoms with E-state index in [1.54, 1.807) is 12.3 Å². The number of nitrogens with one attached hydrogen (secondary N) is 2. The van der Waals surface area contributed by atoms with Crippen LogP contribution in [0.3, 0.4) is 0 Å². The molecule has 0 fully saturated rings. The molecular formula is C35H38N6O5S. The van der Waals surface area contributed by atoms with Crippen LogP contribution >= 0.6 is 0 Å². The molecule has 0 aliphatic carbocycles. The van der Waals surface area contributed by atoms with Crippen molar-refractivity contribution in [2.75, 3.05) is 16.6 Å². The van der Waals surface area contributed by atoms with Crippen LogP contribution in [-0.2, 0) is 16.6 Å². The number of carbonyl (C=O) groups is 1. The predicted molar refractivity (Wildman–Crippen MR) is 181 cm³/mol. The SMILES string of the molecule is Cc1cccc(C)c1-c1cc(OC[C@@H](CC(C)C)Nc2cnn(Cc3ccccc3)c2)nc(NS(=O)(=O)c2cccc(C(=O)O)c2)n1. The van der Waals surface area contributed by atoms with Crippen LogP contribution in [0.1, 0.15) is 47.3 Å². The minimum atomic E-state index is -4.23. The molecule has 0 radical (unpaired) electrons. The van der Waals surface area contributed by atoms with Gasteiger partial charge in [0.05, 0.1) is 40.6 Å². The Bertz CT molecular complexity index is 1940. The average Bonchev–Trinajstić information content (AvgIpc) is 3.46. The smallest absolute Gasteiger partial charge is 0.335 e. The number of aromatic nitrogens is 4. The molecule has 0 aliphatic rings. The highest BCUT2D eigenvalue weighted by Gasteiger charge is 2.21. The Balaban J connectivity index is 1.41. The summed E-state index contributed by atoms with van der Waals surface area (Å²) in [6, 6.07) is 22.6. The Labute approximate surface area is 274 Å². The lowest BCUT2D eigenvalue weighted by Gasteiger charge is -2.21. The van der Waals surface area contributed by atoms with Gasteiger partial charge in [-0.1, -0.05) is 68.4 Å². The van der Waals surface area contributed by atoms with Crippen molar-refractivity contribution in [2.45, 2.75) is 51.6 Å². The van der Waals surface area contributed by atoms with Gasteiger partial charge in [0.15, 0.2) is 0 Å². The van der Waals surface area contributed by atoms with Gasteiger partial charge in [-0.05, 0) is 61.1 Å². The molecule has 11 nitrogen and oxygen atoms in total. The van der Waals surface area contributed by atoms with Crippen molar-refractivity contribution in [2.24, 2.45) is 5.92 Å². The summed E-state index contributed by atoms with van der Waals surface area (Å²) in [6.45, 7) is 9.04. The molecule has 1 atom stereocenters. The molecule has 0 unspecified atom stereocenters. The van der Waals surface area contributed by atoms with Crippen LogP contribution in [0.25, 0.3) is 11.3 Å². The van der Waals surface area contributed by atoms with E-state index in [-0.39, 0.29) is 34.9 Å². The van der Waals surface area contributed by atoms with Gasteiger partial charge < -0.3 is 15.2 Å². The fourth-order valence-corrected chi connectivity index (χ4v) is 6.31. The van der Waals surface area contributed by atoms with Crippen LogP contribution in [0.4, 0.5) is 11.6 Å². The summed E-state index contributed by atoms with van der Waals surface area (Å²) in [5, 5.41) is 17.4. The van der Waals surface area contributed by atoms with Crippen molar-refractivity contribution in [3.63, 3.8) is 0 Å². The molecule has 3 N–H and O–H groups in total. The average molecular weight is 655 g/mol. The quantitative estimate of drug-likeness (QED) is 0.124. The van der Waals surface area contributed by atoms with Gasteiger partial charge in [-0.15, -0.1) is 0 Å². The van der Waals surface area contributed by atoms with Gasteiger partial charge in [-0.3, -0.25) is 4.68 Å². The number of anilines is 2. The van der Waals surface area contributed by atoms with Gasteiger partial charge in [0.2, 0.25) is 11.8 Å². The molecule has 5 aromatic rings. The van der Waals surface area contributed by atoms with Crippen LogP contribution in [0.5, 0.6) is 5.88 Å². The fourth-order valence-electron chi connectivity index (χ4n) is 5.32. The van der Waals surface area contributed by atoms with E-state index in [0.717, 1.165) is 40.4 Å². The van der Waals surface area contributed by atoms with Crippen molar-refractivity contribution in [3.05, 3.63) is 114 Å². The zero-order valence-electron chi connectivity index (χ0n) is 26.7. The molecule has 5 rings (SSSR count). The number of aromatic carboxylic acids is 1. The summed E-state index contributed by atoms with van der Waals surface area (Å²) >= 11 is 0. The molecule has 12 heteroatoms. The van der Waals surface area contributed by atoms with Gasteiger partial charge in [0.1, 0.15) is 6.61 Å². The second-order valence-electron chi connectivity index (χ2n) is 11.8. The number of carboxylic acid groups (broad SMARTS) is 1. The first-order chi connectivity index (χ1) is 22.5. The number of benzene rings is 3. The molecular weight excluding hydrogens is 616 g/mol. The summed E-state index contributed by atoms with van der Waals surface area (Å²) in [7, 11) is -4.23. The third-order valence-electron chi connectivity index (χ3n) is 7.44. The number of sulfonamides is 1. The number of rotatable bonds is 14. The molecule has 0 amide bonds. The Kier molecular flexibility index (Phi) is 10.2. The zero-order chi connectivity index (χ0) is 33.6. The third kappa shape index (κ3) is 8.73. The van der Waals surface area contributed by atoms with E-state index in [9.17, 15) is 18.3 Å². The molecule has 2 heterocycles. The molecule has 3 aromatic carbocycles. The first-order valence-electron chi connectivity index (χ1n) is 15.2. The second kappa shape index (κ2) is 14.5. The number of ether oxygens (including phenoxy) is 1. The maximum absolute atomic E-state index is 13.3. The van der Waals surface area contributed by atoms with Crippen molar-refractivity contribution in [1.82, 2.24) is 19.7 Å². The van der Waals surface area contributed by atoms with Gasteiger partial charge in [-0.25, -0.2) is 22.9 Å². The molecule has 0 bridgehead atoms. The summed E-state index contributed by atoms with van der Waals surface area (Å²) in [4.78, 5) is 20.2. The fraction of sp³-hybridized carbons (Fsp3) is 0.257. The molecule has 244 valence electrons. The monoisotopic (exact) mass is 654 g/mol. The van der Waals surface area contributed by atoms with Crippen LogP contribution in [0, 0.1) is 19.8 Å². The predicted octanol–water partition coefficient (Wildman–Crippen LogP) is 6.41. The molecule has 0 saturated heterocycles. The number of nitrogens with zero attached hydrogens (tertiary/aromatic N) is 4. The maximum Gasteiger partial charge on any atom is 0.335 e. The lowest BCUT2D eigenvalue weighted by Crippen LogP contribution is -2.29. The minimum Gasteiger partial charge on any atom is -0.478 e. The van der Waals surface area contributed by atoms with E-state index in [1.165, 1.54) is 18.2 Å². The van der Waals surface area contributed by atoms with Gasteiger partial charge in [0, 0.05) is 17.8 Å². The molecule has 0 saturated carbocycles. The number of hydrogen-bond acceptors (Lipinski definition) is 8. The van der Waals surface area contributed by atoms with E-state index in [0.29, 0.717) is 18.2 Å². The summed E-state index contributed by atoms with van der Waals surface area (Å²) in [5.74, 6) is -0.893. The summed E-state index contributed by atoms with van der Waals surface area (Å²) in [5.41, 5.74) is 5.05. The van der Waals surface area contributed by atoms with Crippen LogP contribution < -0.4 is 14.8 Å². The molecule has 0 aliphatic heterocycles. The lowest BCUT2D eigenvalue weighted by atomic mass is 10.00. The third-order valence-corrected chi connectivity index (χ3v) is 8.76. The topological polar surface area (TPSA) is 148 Å². The van der Waals surface area contributed by atoms with Crippen molar-refractivity contribution in [3.8, 4) is 17.1 Å². The maximum atomic E-state index is 13.3. The lowest BCUT2D eigenvalue weighted by molar-refractivity contribution is 0.0696. The van der Waals surface area contributed by atoms with Crippen LogP contribution in [-0.4, -0.2) is 51.9 Å². The van der Waals surface area contributed by atoms with E-state index in [4.69, 9.17) is 4.74 Å². The van der Waals surface area contributed by atoms with Gasteiger partial charge in [-0.2, -0.15) is 10.1 Å². The number of hydrogen-bond donors (Lipinski definition) is 3. The van der Waals surface area contributed by atoms with E-state index in [2.05, 4.69) is 51.1 Å². The Morgan fingerprint density at radius 2 is 1.68 bits per heavy atom. The van der Waals surface area contributed by atoms with E-state index < -0.39 is 16.0 Å². The highest BCUT2D eigenvalue weighted by molar-refractivity contribution is 7.92. The standard InChI is InChI=1S/C35H38N6O5S/c1-23(2)16-28(37-29-19-36-41(21-29)20-26-12-6-5-7-13-26)22-46-32-18-31(33-24(3)10-8-11-25(33)4)38-35(39-32)40-47(44,45)30-15-9-14-27(17-30)34(42)43/h5-15,17-19,21,23,28,37H,16,20,22H2,1-4H3,(H,42,43)(H,38,39,40)/t28-/m1/s1. The first-order valence-corrected chi connectivity index (χ1v) is 16.7. The van der Waals surface area contributed by atoms with Crippen LogP contribution in [0.2, 0.25) is 0 Å². The minimum absolute atomic E-state index is 0.109. The van der Waals surface area contributed by atoms with Crippen LogP contribution in [0.15, 0.2) is 96.2 Å². The number of aryl methyl sites for hydroxylation is 2. The second-order valence-corrected chi connectivity index (χ2v) is 13.5. The van der Waals surface area contributed by atoms with Gasteiger partial charge in [0.25, 0.3) is 10.0 Å². The normalized spacial score (nSPS) is 12.1. The number of carboxylic acids is 1. The molecule has 0 spiro atoms. The molecule has 47 heavy (non-hydrogen) atoms. The first kappa shape index (κ1) is 33.1. The van der Waals surface area contributed by atoms with Crippen molar-refractivity contribution >= 4 is 27.6 Å².